The number of nitrogens with one attached hydrogen (secondary N) is 1. The second-order valence-corrected chi connectivity index (χ2v) is 7.20. The van der Waals surface area contributed by atoms with Gasteiger partial charge in [0.05, 0.1) is 16.9 Å². The fourth-order valence-corrected chi connectivity index (χ4v) is 3.32. The maximum Gasteiger partial charge on any atom is 0.251 e. The quantitative estimate of drug-likeness (QED) is 0.860. The van der Waals surface area contributed by atoms with Crippen LogP contribution in [0.4, 0.5) is 4.39 Å². The van der Waals surface area contributed by atoms with Crippen molar-refractivity contribution in [1.29, 1.82) is 0 Å². The average Bonchev–Trinajstić information content (AvgIpc) is 2.89. The summed E-state index contributed by atoms with van der Waals surface area (Å²) in [5.74, 6) is -1.17. The van der Waals surface area contributed by atoms with Gasteiger partial charge >= 0.3 is 0 Å². The molecule has 22 heavy (non-hydrogen) atoms. The number of carbonyl (C=O) groups excluding carboxylic acids is 2. The molecule has 2 rings (SSSR count). The number of halogens is 2. The summed E-state index contributed by atoms with van der Waals surface area (Å²) in [4.78, 5) is 26.4. The summed E-state index contributed by atoms with van der Waals surface area (Å²) in [6.45, 7) is 0.351. The van der Waals surface area contributed by atoms with Gasteiger partial charge in [-0.05, 0) is 46.3 Å². The van der Waals surface area contributed by atoms with Crippen molar-refractivity contribution in [3.05, 3.63) is 56.4 Å². The van der Waals surface area contributed by atoms with E-state index in [1.807, 2.05) is 12.1 Å². The maximum atomic E-state index is 13.0. The first-order chi connectivity index (χ1) is 10.5. The van der Waals surface area contributed by atoms with E-state index in [2.05, 4.69) is 21.2 Å². The number of hydrogen-bond donors (Lipinski definition) is 1. The molecule has 1 heterocycles. The van der Waals surface area contributed by atoms with Gasteiger partial charge in [0, 0.05) is 17.5 Å². The van der Waals surface area contributed by atoms with E-state index in [-0.39, 0.29) is 18.0 Å². The maximum absolute atomic E-state index is 13.0. The summed E-state index contributed by atoms with van der Waals surface area (Å²) < 4.78 is 14.0. The Labute approximate surface area is 140 Å². The van der Waals surface area contributed by atoms with Crippen LogP contribution in [0.2, 0.25) is 0 Å². The van der Waals surface area contributed by atoms with Crippen LogP contribution in [0.25, 0.3) is 0 Å². The predicted octanol–water partition coefficient (Wildman–Crippen LogP) is 3.04. The summed E-state index contributed by atoms with van der Waals surface area (Å²) in [5.41, 5.74) is 0.192. The molecular formula is C15H14BrFN2O2S. The van der Waals surface area contributed by atoms with Crippen LogP contribution in [0.5, 0.6) is 0 Å². The van der Waals surface area contributed by atoms with Crippen LogP contribution < -0.4 is 5.32 Å². The van der Waals surface area contributed by atoms with Crippen LogP contribution >= 0.6 is 27.3 Å². The van der Waals surface area contributed by atoms with Crippen molar-refractivity contribution in [3.63, 3.8) is 0 Å². The normalized spacial score (nSPS) is 10.3. The minimum atomic E-state index is -0.487. The van der Waals surface area contributed by atoms with Crippen molar-refractivity contribution < 1.29 is 14.0 Å². The molecular weight excluding hydrogens is 371 g/mol. The van der Waals surface area contributed by atoms with Gasteiger partial charge in [0.25, 0.3) is 5.91 Å². The van der Waals surface area contributed by atoms with Gasteiger partial charge in [-0.3, -0.25) is 9.59 Å². The van der Waals surface area contributed by atoms with Crippen LogP contribution in [-0.2, 0) is 11.3 Å². The van der Waals surface area contributed by atoms with Crippen molar-refractivity contribution in [2.75, 3.05) is 13.6 Å². The third kappa shape index (κ3) is 4.64. The zero-order chi connectivity index (χ0) is 16.1. The molecule has 0 atom stereocenters. The fraction of sp³-hybridized carbons (Fsp3) is 0.200. The Bertz CT molecular complexity index is 690. The van der Waals surface area contributed by atoms with Crippen molar-refractivity contribution in [3.8, 4) is 0 Å². The molecule has 2 aromatic rings. The Morgan fingerprint density at radius 2 is 2.09 bits per heavy atom. The molecule has 0 aliphatic heterocycles. The zero-order valence-corrected chi connectivity index (χ0v) is 14.2. The molecule has 0 saturated heterocycles. The van der Waals surface area contributed by atoms with Crippen LogP contribution in [-0.4, -0.2) is 30.3 Å². The molecule has 7 heteroatoms. The largest absolute Gasteiger partial charge is 0.343 e. The lowest BCUT2D eigenvalue weighted by atomic mass is 10.2. The Balaban J connectivity index is 1.85. The Morgan fingerprint density at radius 3 is 2.73 bits per heavy atom. The van der Waals surface area contributed by atoms with Gasteiger partial charge in [-0.1, -0.05) is 6.07 Å². The van der Waals surface area contributed by atoms with Crippen molar-refractivity contribution in [2.45, 2.75) is 6.54 Å². The van der Waals surface area contributed by atoms with E-state index in [1.54, 1.807) is 18.4 Å². The Kier molecular flexibility index (Phi) is 5.68. The molecule has 0 aliphatic carbocycles. The number of carbonyl (C=O) groups is 2. The van der Waals surface area contributed by atoms with E-state index in [1.165, 1.54) is 23.1 Å². The molecule has 1 aromatic heterocycles. The summed E-state index contributed by atoms with van der Waals surface area (Å²) in [6, 6.07) is 9.19. The van der Waals surface area contributed by atoms with Gasteiger partial charge in [0.1, 0.15) is 5.82 Å². The van der Waals surface area contributed by atoms with E-state index in [0.717, 1.165) is 14.7 Å². The summed E-state index contributed by atoms with van der Waals surface area (Å²) in [6.07, 6.45) is 0. The molecule has 0 saturated carbocycles. The zero-order valence-electron chi connectivity index (χ0n) is 11.8. The van der Waals surface area contributed by atoms with Gasteiger partial charge in [-0.25, -0.2) is 4.39 Å². The highest BCUT2D eigenvalue weighted by atomic mass is 79.9. The molecule has 2 amide bonds. The molecule has 0 unspecified atom stereocenters. The van der Waals surface area contributed by atoms with E-state index >= 15 is 0 Å². The SMILES string of the molecule is CN(Cc1ccc(Br)s1)C(=O)CNC(=O)c1cccc(F)c1. The predicted molar refractivity (Wildman–Crippen MR) is 87.2 cm³/mol. The van der Waals surface area contributed by atoms with Crippen LogP contribution in [0.15, 0.2) is 40.2 Å². The first-order valence-corrected chi connectivity index (χ1v) is 8.08. The van der Waals surface area contributed by atoms with Gasteiger partial charge in [0.15, 0.2) is 0 Å². The van der Waals surface area contributed by atoms with Crippen LogP contribution in [0, 0.1) is 5.82 Å². The molecule has 0 bridgehead atoms. The highest BCUT2D eigenvalue weighted by Gasteiger charge is 2.13. The smallest absolute Gasteiger partial charge is 0.251 e. The molecule has 1 N–H and O–H groups in total. The lowest BCUT2D eigenvalue weighted by Gasteiger charge is -2.16. The Morgan fingerprint density at radius 1 is 1.32 bits per heavy atom. The van der Waals surface area contributed by atoms with E-state index in [9.17, 15) is 14.0 Å². The summed E-state index contributed by atoms with van der Waals surface area (Å²) in [5, 5.41) is 2.50. The van der Waals surface area contributed by atoms with Gasteiger partial charge < -0.3 is 10.2 Å². The van der Waals surface area contributed by atoms with E-state index in [0.29, 0.717) is 6.54 Å². The number of hydrogen-bond acceptors (Lipinski definition) is 3. The monoisotopic (exact) mass is 384 g/mol. The molecule has 1 aromatic carbocycles. The Hall–Kier alpha value is -1.73. The van der Waals surface area contributed by atoms with Crippen molar-refractivity contribution in [1.82, 2.24) is 10.2 Å². The van der Waals surface area contributed by atoms with Crippen LogP contribution in [0.1, 0.15) is 15.2 Å². The molecule has 0 aliphatic rings. The molecule has 116 valence electrons. The molecule has 0 spiro atoms. The first-order valence-electron chi connectivity index (χ1n) is 6.47. The highest BCUT2D eigenvalue weighted by Crippen LogP contribution is 2.22. The minimum Gasteiger partial charge on any atom is -0.343 e. The molecule has 0 fully saturated rings. The van der Waals surface area contributed by atoms with Gasteiger partial charge in [-0.15, -0.1) is 11.3 Å². The molecule has 4 nitrogen and oxygen atoms in total. The number of likely N-dealkylation sites (N-methyl/N-ethyl adjacent to an activating group) is 1. The average molecular weight is 385 g/mol. The fourth-order valence-electron chi connectivity index (χ4n) is 1.78. The van der Waals surface area contributed by atoms with Crippen molar-refractivity contribution >= 4 is 39.1 Å². The third-order valence-corrected chi connectivity index (χ3v) is 4.54. The third-order valence-electron chi connectivity index (χ3n) is 2.93. The lowest BCUT2D eigenvalue weighted by molar-refractivity contribution is -0.129. The van der Waals surface area contributed by atoms with E-state index < -0.39 is 11.7 Å². The first kappa shape index (κ1) is 16.6. The van der Waals surface area contributed by atoms with E-state index in [4.69, 9.17) is 0 Å². The number of rotatable bonds is 5. The highest BCUT2D eigenvalue weighted by molar-refractivity contribution is 9.11. The van der Waals surface area contributed by atoms with Gasteiger partial charge in [-0.2, -0.15) is 0 Å². The second-order valence-electron chi connectivity index (χ2n) is 4.65. The standard InChI is InChI=1S/C15H14BrFN2O2S/c1-19(9-12-5-6-13(16)22-12)14(20)8-18-15(21)10-3-2-4-11(17)7-10/h2-7H,8-9H2,1H3,(H,18,21). The summed E-state index contributed by atoms with van der Waals surface area (Å²) >= 11 is 4.92. The topological polar surface area (TPSA) is 49.4 Å². The number of nitrogens with zero attached hydrogens (tertiary/aromatic N) is 1. The number of thiophene rings is 1. The van der Waals surface area contributed by atoms with Gasteiger partial charge in [0.2, 0.25) is 5.91 Å². The lowest BCUT2D eigenvalue weighted by Crippen LogP contribution is -2.37. The summed E-state index contributed by atoms with van der Waals surface area (Å²) in [7, 11) is 1.67. The number of amides is 2. The molecule has 0 radical (unpaired) electrons. The number of benzene rings is 1. The second kappa shape index (κ2) is 7.51. The van der Waals surface area contributed by atoms with Crippen LogP contribution in [0.3, 0.4) is 0 Å². The minimum absolute atomic E-state index is 0.127. The van der Waals surface area contributed by atoms with Crippen molar-refractivity contribution in [2.24, 2.45) is 0 Å².